The lowest BCUT2D eigenvalue weighted by atomic mass is 10.2. The van der Waals surface area contributed by atoms with Crippen molar-refractivity contribution in [3.05, 3.63) is 41.8 Å². The van der Waals surface area contributed by atoms with Crippen LogP contribution < -0.4 is 5.43 Å². The van der Waals surface area contributed by atoms with Crippen molar-refractivity contribution in [1.29, 1.82) is 0 Å². The van der Waals surface area contributed by atoms with Crippen LogP contribution in [0.3, 0.4) is 0 Å². The Morgan fingerprint density at radius 3 is 1.62 bits per heavy atom. The van der Waals surface area contributed by atoms with E-state index in [2.05, 4.69) is 0 Å². The van der Waals surface area contributed by atoms with Crippen molar-refractivity contribution in [2.24, 2.45) is 0 Å². The molecule has 0 radical (unpaired) electrons. The van der Waals surface area contributed by atoms with Gasteiger partial charge in [-0.2, -0.15) is 4.73 Å². The number of nitro groups is 2. The van der Waals surface area contributed by atoms with Crippen LogP contribution in [0, 0.1) is 34.1 Å². The van der Waals surface area contributed by atoms with E-state index in [9.17, 15) is 30.2 Å². The molecule has 1 N–H and O–H groups in total. The Morgan fingerprint density at radius 2 is 1.38 bits per heavy atom. The van der Waals surface area contributed by atoms with Crippen LogP contribution in [0.5, 0.6) is 0 Å². The van der Waals surface area contributed by atoms with Crippen LogP contribution in [-0.4, -0.2) is 19.8 Å². The van der Waals surface area contributed by atoms with E-state index in [1.54, 1.807) is 0 Å². The molecule has 0 amide bonds. The molecule has 9 heteroatoms. The van der Waals surface area contributed by atoms with E-state index < -0.39 is 26.7 Å². The summed E-state index contributed by atoms with van der Waals surface area (Å²) in [4.78, 5) is 30.4. The van der Waals surface area contributed by atoms with Crippen molar-refractivity contribution >= 4 is 11.4 Å². The van der Waals surface area contributed by atoms with Gasteiger partial charge in [0.2, 0.25) is 0 Å². The molecule has 16 heavy (non-hydrogen) atoms. The third kappa shape index (κ3) is 1.47. The number of hydrogen-bond acceptors (Lipinski definition) is 6. The molecule has 86 valence electrons. The normalized spacial score (nSPS) is 10.1. The van der Waals surface area contributed by atoms with Gasteiger partial charge in [-0.05, 0) is 13.8 Å². The van der Waals surface area contributed by atoms with Gasteiger partial charge in [0, 0.05) is 0 Å². The molecule has 1 aromatic heterocycles. The van der Waals surface area contributed by atoms with Gasteiger partial charge in [0.15, 0.2) is 0 Å². The SMILES string of the molecule is Cc1c([N+](=O)[O-])c(=O)c([N+](=O)[O-])c(C)n1O. The minimum atomic E-state index is -1.31. The zero-order valence-corrected chi connectivity index (χ0v) is 8.33. The third-order valence-corrected chi connectivity index (χ3v) is 2.12. The van der Waals surface area contributed by atoms with Crippen molar-refractivity contribution in [1.82, 2.24) is 4.73 Å². The lowest BCUT2D eigenvalue weighted by molar-refractivity contribution is -0.398. The Labute approximate surface area is 87.8 Å². The first-order chi connectivity index (χ1) is 7.29. The molecular formula is C7H7N3O6. The van der Waals surface area contributed by atoms with Crippen LogP contribution in [0.15, 0.2) is 4.79 Å². The van der Waals surface area contributed by atoms with Crippen LogP contribution >= 0.6 is 0 Å². The summed E-state index contributed by atoms with van der Waals surface area (Å²) in [6.07, 6.45) is 0. The zero-order chi connectivity index (χ0) is 12.6. The highest BCUT2D eigenvalue weighted by molar-refractivity contribution is 5.48. The van der Waals surface area contributed by atoms with Crippen LogP contribution in [0.2, 0.25) is 0 Å². The van der Waals surface area contributed by atoms with E-state index in [0.29, 0.717) is 0 Å². The third-order valence-electron chi connectivity index (χ3n) is 2.12. The molecule has 0 spiro atoms. The fourth-order valence-corrected chi connectivity index (χ4v) is 1.32. The molecule has 1 rings (SSSR count). The van der Waals surface area contributed by atoms with Gasteiger partial charge >= 0.3 is 16.8 Å². The first kappa shape index (κ1) is 11.6. The molecule has 0 fully saturated rings. The predicted octanol–water partition coefficient (Wildman–Crippen LogP) is 0.519. The lowest BCUT2D eigenvalue weighted by Gasteiger charge is -2.06. The summed E-state index contributed by atoms with van der Waals surface area (Å²) >= 11 is 0. The topological polar surface area (TPSA) is 129 Å². The molecule has 9 nitrogen and oxygen atoms in total. The highest BCUT2D eigenvalue weighted by atomic mass is 16.6. The largest absolute Gasteiger partial charge is 0.428 e. The van der Waals surface area contributed by atoms with E-state index in [0.717, 1.165) is 13.8 Å². The van der Waals surface area contributed by atoms with Crippen LogP contribution in [-0.2, 0) is 0 Å². The first-order valence-electron chi connectivity index (χ1n) is 4.03. The molecule has 0 aliphatic carbocycles. The maximum absolute atomic E-state index is 11.4. The van der Waals surface area contributed by atoms with Crippen LogP contribution in [0.25, 0.3) is 0 Å². The van der Waals surface area contributed by atoms with E-state index in [1.165, 1.54) is 0 Å². The monoisotopic (exact) mass is 229 g/mol. The number of hydrogen-bond donors (Lipinski definition) is 1. The van der Waals surface area contributed by atoms with Gasteiger partial charge in [0.1, 0.15) is 11.4 Å². The molecule has 0 aliphatic rings. The molecule has 0 saturated carbocycles. The quantitative estimate of drug-likeness (QED) is 0.447. The summed E-state index contributed by atoms with van der Waals surface area (Å²) in [7, 11) is 0. The second kappa shape index (κ2) is 3.61. The minimum absolute atomic E-state index is 0.262. The van der Waals surface area contributed by atoms with Crippen molar-refractivity contribution in [3.8, 4) is 0 Å². The standard InChI is InChI=1S/C7H7N3O6/c1-3-5(9(13)14)7(11)6(10(15)16)4(2)8(3)12/h12H,1-2H3. The Balaban J connectivity index is 3.88. The van der Waals surface area contributed by atoms with Gasteiger partial charge in [-0.1, -0.05) is 0 Å². The smallest absolute Gasteiger partial charge is 0.346 e. The number of pyridine rings is 1. The van der Waals surface area contributed by atoms with Crippen LogP contribution in [0.1, 0.15) is 11.4 Å². The highest BCUT2D eigenvalue weighted by Gasteiger charge is 2.31. The zero-order valence-electron chi connectivity index (χ0n) is 8.33. The van der Waals surface area contributed by atoms with Gasteiger partial charge < -0.3 is 5.21 Å². The summed E-state index contributed by atoms with van der Waals surface area (Å²) in [6, 6.07) is 0. The average Bonchev–Trinajstić information content (AvgIpc) is 2.13. The van der Waals surface area contributed by atoms with Gasteiger partial charge in [-0.3, -0.25) is 25.0 Å². The Morgan fingerprint density at radius 1 is 1.06 bits per heavy atom. The lowest BCUT2D eigenvalue weighted by Crippen LogP contribution is -2.21. The number of rotatable bonds is 2. The minimum Gasteiger partial charge on any atom is -0.428 e. The summed E-state index contributed by atoms with van der Waals surface area (Å²) in [6.45, 7) is 2.24. The molecule has 0 saturated heterocycles. The molecule has 0 aromatic carbocycles. The molecule has 0 atom stereocenters. The summed E-state index contributed by atoms with van der Waals surface area (Å²) in [5.74, 6) is 0. The molecule has 1 heterocycles. The molecule has 0 unspecified atom stereocenters. The van der Waals surface area contributed by atoms with Gasteiger partial charge in [-0.15, -0.1) is 0 Å². The predicted molar refractivity (Wildman–Crippen MR) is 50.7 cm³/mol. The maximum Gasteiger partial charge on any atom is 0.346 e. The fourth-order valence-electron chi connectivity index (χ4n) is 1.32. The van der Waals surface area contributed by atoms with Crippen molar-refractivity contribution < 1.29 is 15.1 Å². The highest BCUT2D eigenvalue weighted by Crippen LogP contribution is 2.20. The van der Waals surface area contributed by atoms with Crippen molar-refractivity contribution in [2.45, 2.75) is 13.8 Å². The summed E-state index contributed by atoms with van der Waals surface area (Å²) in [5.41, 5.74) is -4.01. The number of nitrogens with zero attached hydrogens (tertiary/aromatic N) is 3. The fraction of sp³-hybridized carbons (Fsp3) is 0.286. The van der Waals surface area contributed by atoms with E-state index in [1.807, 2.05) is 0 Å². The van der Waals surface area contributed by atoms with Crippen molar-refractivity contribution in [3.63, 3.8) is 0 Å². The number of aromatic nitrogens is 1. The van der Waals surface area contributed by atoms with Crippen molar-refractivity contribution in [2.75, 3.05) is 0 Å². The molecule has 0 aliphatic heterocycles. The average molecular weight is 229 g/mol. The van der Waals surface area contributed by atoms with Crippen LogP contribution in [0.4, 0.5) is 11.4 Å². The Kier molecular flexibility index (Phi) is 2.62. The second-order valence-electron chi connectivity index (χ2n) is 3.02. The summed E-state index contributed by atoms with van der Waals surface area (Å²) in [5, 5.41) is 30.4. The molecule has 0 bridgehead atoms. The van der Waals surface area contributed by atoms with Gasteiger partial charge in [-0.25, -0.2) is 0 Å². The van der Waals surface area contributed by atoms with Gasteiger partial charge in [0.05, 0.1) is 9.85 Å². The van der Waals surface area contributed by atoms with E-state index >= 15 is 0 Å². The Hall–Kier alpha value is -2.45. The maximum atomic E-state index is 11.4. The van der Waals surface area contributed by atoms with Gasteiger partial charge in [0.25, 0.3) is 0 Å². The molecular weight excluding hydrogens is 222 g/mol. The van der Waals surface area contributed by atoms with E-state index in [-0.39, 0.29) is 16.1 Å². The second-order valence-corrected chi connectivity index (χ2v) is 3.02. The summed E-state index contributed by atoms with van der Waals surface area (Å²) < 4.78 is 0.262. The Bertz CT molecular complexity index is 502. The molecule has 1 aromatic rings. The first-order valence-corrected chi connectivity index (χ1v) is 4.03. The van der Waals surface area contributed by atoms with E-state index in [4.69, 9.17) is 0 Å².